The number of hydrogen-bond acceptors (Lipinski definition) is 2. The highest BCUT2D eigenvalue weighted by molar-refractivity contribution is 6.35. The largest absolute Gasteiger partial charge is 0.506 e. The summed E-state index contributed by atoms with van der Waals surface area (Å²) in [6, 6.07) is 11.8. The van der Waals surface area contributed by atoms with E-state index >= 15 is 0 Å². The standard InChI is InChI=1S/C16H17Cl2NO/c1-10-3-5-12(6-4-10)11(2)19-9-13-7-14(17)8-15(18)16(13)20/h3-8,11,19-20H,9H2,1-2H3/t11-/m1/s1. The first kappa shape index (κ1) is 15.2. The van der Waals surface area contributed by atoms with E-state index in [2.05, 4.69) is 43.4 Å². The summed E-state index contributed by atoms with van der Waals surface area (Å²) in [4.78, 5) is 0. The molecule has 2 N–H and O–H groups in total. The zero-order chi connectivity index (χ0) is 14.7. The summed E-state index contributed by atoms with van der Waals surface area (Å²) in [7, 11) is 0. The zero-order valence-corrected chi connectivity index (χ0v) is 13.0. The summed E-state index contributed by atoms with van der Waals surface area (Å²) in [5.74, 6) is 0.0830. The van der Waals surface area contributed by atoms with Crippen LogP contribution in [0.1, 0.15) is 29.7 Å². The first-order valence-corrected chi connectivity index (χ1v) is 7.20. The third-order valence-electron chi connectivity index (χ3n) is 3.28. The van der Waals surface area contributed by atoms with Crippen molar-refractivity contribution >= 4 is 23.2 Å². The van der Waals surface area contributed by atoms with Gasteiger partial charge in [-0.25, -0.2) is 0 Å². The molecule has 0 amide bonds. The molecule has 0 heterocycles. The number of phenolic OH excluding ortho intramolecular Hbond substituents is 1. The van der Waals surface area contributed by atoms with E-state index in [9.17, 15) is 5.11 Å². The van der Waals surface area contributed by atoms with Gasteiger partial charge in [0.1, 0.15) is 5.75 Å². The molecule has 0 bridgehead atoms. The number of benzene rings is 2. The first-order valence-electron chi connectivity index (χ1n) is 6.44. The van der Waals surface area contributed by atoms with E-state index in [1.54, 1.807) is 6.07 Å². The number of hydrogen-bond donors (Lipinski definition) is 2. The monoisotopic (exact) mass is 309 g/mol. The van der Waals surface area contributed by atoms with Crippen LogP contribution in [0.3, 0.4) is 0 Å². The normalized spacial score (nSPS) is 12.4. The Morgan fingerprint density at radius 3 is 2.45 bits per heavy atom. The van der Waals surface area contributed by atoms with Gasteiger partial charge in [-0.05, 0) is 31.5 Å². The van der Waals surface area contributed by atoms with E-state index in [0.717, 1.165) is 0 Å². The second kappa shape index (κ2) is 6.49. The van der Waals surface area contributed by atoms with Crippen molar-refractivity contribution < 1.29 is 5.11 Å². The maximum absolute atomic E-state index is 9.91. The summed E-state index contributed by atoms with van der Waals surface area (Å²) in [6.45, 7) is 4.64. The molecule has 0 fully saturated rings. The number of halogens is 2. The van der Waals surface area contributed by atoms with Gasteiger partial charge in [0.05, 0.1) is 5.02 Å². The van der Waals surface area contributed by atoms with Crippen LogP contribution in [0.25, 0.3) is 0 Å². The Labute approximate surface area is 129 Å². The van der Waals surface area contributed by atoms with Gasteiger partial charge < -0.3 is 10.4 Å². The fourth-order valence-corrected chi connectivity index (χ4v) is 2.53. The molecule has 2 nitrogen and oxygen atoms in total. The maximum atomic E-state index is 9.91. The fourth-order valence-electron chi connectivity index (χ4n) is 1.99. The molecule has 0 aliphatic heterocycles. The number of aromatic hydroxyl groups is 1. The summed E-state index contributed by atoms with van der Waals surface area (Å²) < 4.78 is 0. The molecule has 1 atom stereocenters. The summed E-state index contributed by atoms with van der Waals surface area (Å²) in [5.41, 5.74) is 3.13. The van der Waals surface area contributed by atoms with Gasteiger partial charge in [-0.1, -0.05) is 53.0 Å². The Kier molecular flexibility index (Phi) is 4.92. The second-order valence-electron chi connectivity index (χ2n) is 4.91. The van der Waals surface area contributed by atoms with Crippen molar-refractivity contribution in [1.29, 1.82) is 0 Å². The van der Waals surface area contributed by atoms with Gasteiger partial charge in [-0.15, -0.1) is 0 Å². The number of rotatable bonds is 4. The lowest BCUT2D eigenvalue weighted by Gasteiger charge is -2.15. The fraction of sp³-hybridized carbons (Fsp3) is 0.250. The molecule has 2 aromatic rings. The maximum Gasteiger partial charge on any atom is 0.138 e. The minimum Gasteiger partial charge on any atom is -0.506 e. The molecular formula is C16H17Cl2NO. The molecule has 2 rings (SSSR count). The van der Waals surface area contributed by atoms with Crippen LogP contribution in [0, 0.1) is 6.92 Å². The molecule has 0 aliphatic rings. The van der Waals surface area contributed by atoms with Crippen LogP contribution in [0.2, 0.25) is 10.0 Å². The Bertz CT molecular complexity index is 596. The quantitative estimate of drug-likeness (QED) is 0.845. The van der Waals surface area contributed by atoms with Crippen molar-refractivity contribution in [2.24, 2.45) is 0 Å². The lowest BCUT2D eigenvalue weighted by molar-refractivity contribution is 0.460. The summed E-state index contributed by atoms with van der Waals surface area (Å²) >= 11 is 11.9. The number of nitrogens with one attached hydrogen (secondary N) is 1. The molecular weight excluding hydrogens is 293 g/mol. The van der Waals surface area contributed by atoms with Crippen molar-refractivity contribution in [3.63, 3.8) is 0 Å². The Balaban J connectivity index is 2.07. The molecule has 0 aliphatic carbocycles. The van der Waals surface area contributed by atoms with E-state index in [4.69, 9.17) is 23.2 Å². The van der Waals surface area contributed by atoms with E-state index in [-0.39, 0.29) is 16.8 Å². The summed E-state index contributed by atoms with van der Waals surface area (Å²) in [6.07, 6.45) is 0. The van der Waals surface area contributed by atoms with Crippen molar-refractivity contribution in [3.8, 4) is 5.75 Å². The van der Waals surface area contributed by atoms with Crippen molar-refractivity contribution in [2.45, 2.75) is 26.4 Å². The predicted octanol–water partition coefficient (Wildman–Crippen LogP) is 4.86. The third kappa shape index (κ3) is 3.66. The van der Waals surface area contributed by atoms with E-state index in [1.165, 1.54) is 17.2 Å². The number of aryl methyl sites for hydroxylation is 1. The zero-order valence-electron chi connectivity index (χ0n) is 11.5. The van der Waals surface area contributed by atoms with Gasteiger partial charge >= 0.3 is 0 Å². The highest BCUT2D eigenvalue weighted by Crippen LogP contribution is 2.31. The van der Waals surface area contributed by atoms with E-state index in [0.29, 0.717) is 17.1 Å². The molecule has 4 heteroatoms. The smallest absolute Gasteiger partial charge is 0.138 e. The number of phenols is 1. The third-order valence-corrected chi connectivity index (χ3v) is 3.79. The van der Waals surface area contributed by atoms with E-state index < -0.39 is 0 Å². The summed E-state index contributed by atoms with van der Waals surface area (Å²) in [5, 5.41) is 14.1. The molecule has 106 valence electrons. The molecule has 0 saturated heterocycles. The Morgan fingerprint density at radius 2 is 1.80 bits per heavy atom. The van der Waals surface area contributed by atoms with Crippen LogP contribution in [0.15, 0.2) is 36.4 Å². The van der Waals surface area contributed by atoms with Gasteiger partial charge in [0.2, 0.25) is 0 Å². The highest BCUT2D eigenvalue weighted by Gasteiger charge is 2.10. The SMILES string of the molecule is Cc1ccc([C@@H](C)NCc2cc(Cl)cc(Cl)c2O)cc1. The highest BCUT2D eigenvalue weighted by atomic mass is 35.5. The molecule has 0 radical (unpaired) electrons. The van der Waals surface area contributed by atoms with Crippen molar-refractivity contribution in [3.05, 3.63) is 63.1 Å². The topological polar surface area (TPSA) is 32.3 Å². The first-order chi connectivity index (χ1) is 9.47. The van der Waals surface area contributed by atoms with Gasteiger partial charge in [-0.2, -0.15) is 0 Å². The Hall–Kier alpha value is -1.22. The van der Waals surface area contributed by atoms with Crippen LogP contribution in [-0.2, 0) is 6.54 Å². The lowest BCUT2D eigenvalue weighted by Crippen LogP contribution is -2.18. The van der Waals surface area contributed by atoms with Crippen LogP contribution in [0.5, 0.6) is 5.75 Å². The van der Waals surface area contributed by atoms with Gasteiger partial charge in [0.25, 0.3) is 0 Å². The molecule has 0 saturated carbocycles. The molecule has 20 heavy (non-hydrogen) atoms. The van der Waals surface area contributed by atoms with Crippen molar-refractivity contribution in [2.75, 3.05) is 0 Å². The Morgan fingerprint density at radius 1 is 1.15 bits per heavy atom. The van der Waals surface area contributed by atoms with Gasteiger partial charge in [0, 0.05) is 23.2 Å². The predicted molar refractivity (Wildman–Crippen MR) is 84.6 cm³/mol. The minimum atomic E-state index is 0.0830. The van der Waals surface area contributed by atoms with Crippen LogP contribution < -0.4 is 5.32 Å². The average molecular weight is 310 g/mol. The van der Waals surface area contributed by atoms with Crippen LogP contribution in [0.4, 0.5) is 0 Å². The molecule has 0 unspecified atom stereocenters. The lowest BCUT2D eigenvalue weighted by atomic mass is 10.1. The van der Waals surface area contributed by atoms with Crippen LogP contribution in [-0.4, -0.2) is 5.11 Å². The van der Waals surface area contributed by atoms with Gasteiger partial charge in [-0.3, -0.25) is 0 Å². The molecule has 0 aromatic heterocycles. The molecule has 0 spiro atoms. The van der Waals surface area contributed by atoms with E-state index in [1.807, 2.05) is 0 Å². The average Bonchev–Trinajstić information content (AvgIpc) is 2.41. The van der Waals surface area contributed by atoms with Gasteiger partial charge in [0.15, 0.2) is 0 Å². The van der Waals surface area contributed by atoms with Crippen LogP contribution >= 0.6 is 23.2 Å². The second-order valence-corrected chi connectivity index (χ2v) is 5.75. The minimum absolute atomic E-state index is 0.0830. The molecule has 2 aromatic carbocycles. The van der Waals surface area contributed by atoms with Crippen molar-refractivity contribution in [1.82, 2.24) is 5.32 Å².